The van der Waals surface area contributed by atoms with Crippen molar-refractivity contribution in [1.82, 2.24) is 14.6 Å². The van der Waals surface area contributed by atoms with Crippen molar-refractivity contribution in [3.63, 3.8) is 0 Å². The Morgan fingerprint density at radius 2 is 2.29 bits per heavy atom. The van der Waals surface area contributed by atoms with E-state index in [0.29, 0.717) is 5.02 Å². The Labute approximate surface area is 107 Å². The van der Waals surface area contributed by atoms with Crippen LogP contribution in [0.2, 0.25) is 5.02 Å². The highest BCUT2D eigenvalue weighted by atomic mass is 35.5. The second-order valence-corrected chi connectivity index (χ2v) is 4.97. The molecule has 3 aromatic rings. The molecule has 0 bridgehead atoms. The van der Waals surface area contributed by atoms with Crippen molar-refractivity contribution >= 4 is 28.5 Å². The predicted octanol–water partition coefficient (Wildman–Crippen LogP) is 2.49. The van der Waals surface area contributed by atoms with Crippen LogP contribution in [0.1, 0.15) is 16.5 Å². The normalized spacial score (nSPS) is 13.1. The largest absolute Gasteiger partial charge is 0.319 e. The zero-order chi connectivity index (χ0) is 11.8. The van der Waals surface area contributed by atoms with Crippen LogP contribution in [0.4, 0.5) is 0 Å². The molecule has 4 nitrogen and oxygen atoms in total. The smallest absolute Gasteiger partial charge is 0.0896 e. The van der Waals surface area contributed by atoms with Gasteiger partial charge in [0.25, 0.3) is 0 Å². The summed E-state index contributed by atoms with van der Waals surface area (Å²) in [5.41, 5.74) is 8.06. The zero-order valence-corrected chi connectivity index (χ0v) is 10.3. The fraction of sp³-hybridized carbons (Fsp3) is 0.0909. The average molecular weight is 265 g/mol. The minimum atomic E-state index is -0.260. The number of halogens is 1. The summed E-state index contributed by atoms with van der Waals surface area (Å²) >= 11 is 7.64. The van der Waals surface area contributed by atoms with Gasteiger partial charge in [-0.05, 0) is 11.4 Å². The molecule has 0 amide bonds. The molecule has 0 aromatic carbocycles. The van der Waals surface area contributed by atoms with Crippen LogP contribution in [0.25, 0.3) is 5.52 Å². The van der Waals surface area contributed by atoms with E-state index in [1.165, 1.54) is 0 Å². The van der Waals surface area contributed by atoms with Gasteiger partial charge in [0.1, 0.15) is 0 Å². The molecule has 0 aliphatic carbocycles. The quantitative estimate of drug-likeness (QED) is 0.774. The molecule has 2 N–H and O–H groups in total. The van der Waals surface area contributed by atoms with Gasteiger partial charge in [-0.3, -0.25) is 4.98 Å². The van der Waals surface area contributed by atoms with Crippen LogP contribution >= 0.6 is 22.9 Å². The van der Waals surface area contributed by atoms with Crippen LogP contribution in [0.15, 0.2) is 36.2 Å². The molecule has 0 saturated heterocycles. The minimum Gasteiger partial charge on any atom is -0.319 e. The summed E-state index contributed by atoms with van der Waals surface area (Å²) in [6, 6.07) is 1.59. The lowest BCUT2D eigenvalue weighted by molar-refractivity contribution is 0.902. The predicted molar refractivity (Wildman–Crippen MR) is 68.3 cm³/mol. The third-order valence-corrected chi connectivity index (χ3v) is 4.06. The van der Waals surface area contributed by atoms with Gasteiger partial charge in [0.15, 0.2) is 0 Å². The second kappa shape index (κ2) is 4.10. The van der Waals surface area contributed by atoms with Gasteiger partial charge in [-0.2, -0.15) is 5.10 Å². The maximum absolute atomic E-state index is 6.22. The van der Waals surface area contributed by atoms with Crippen molar-refractivity contribution in [3.8, 4) is 0 Å². The Balaban J connectivity index is 2.13. The van der Waals surface area contributed by atoms with Crippen molar-refractivity contribution < 1.29 is 0 Å². The number of hydrogen-bond acceptors (Lipinski definition) is 4. The van der Waals surface area contributed by atoms with Crippen LogP contribution in [-0.4, -0.2) is 14.6 Å². The Hall–Kier alpha value is -1.43. The summed E-state index contributed by atoms with van der Waals surface area (Å²) in [6.45, 7) is 0. The van der Waals surface area contributed by atoms with E-state index in [9.17, 15) is 0 Å². The number of nitrogens with two attached hydrogens (primary N) is 1. The van der Waals surface area contributed by atoms with Crippen LogP contribution in [0, 0.1) is 0 Å². The van der Waals surface area contributed by atoms with Gasteiger partial charge in [-0.1, -0.05) is 11.6 Å². The molecule has 1 atom stereocenters. The van der Waals surface area contributed by atoms with Crippen molar-refractivity contribution in [3.05, 3.63) is 51.7 Å². The highest BCUT2D eigenvalue weighted by Gasteiger charge is 2.17. The molecular weight excluding hydrogens is 256 g/mol. The van der Waals surface area contributed by atoms with Gasteiger partial charge in [0.2, 0.25) is 0 Å². The van der Waals surface area contributed by atoms with E-state index in [4.69, 9.17) is 17.3 Å². The average Bonchev–Trinajstić information content (AvgIpc) is 2.94. The van der Waals surface area contributed by atoms with Crippen LogP contribution in [-0.2, 0) is 0 Å². The van der Waals surface area contributed by atoms with Crippen molar-refractivity contribution in [2.24, 2.45) is 5.73 Å². The first-order chi connectivity index (χ1) is 8.27. The van der Waals surface area contributed by atoms with Crippen LogP contribution in [0.5, 0.6) is 0 Å². The summed E-state index contributed by atoms with van der Waals surface area (Å²) in [5.74, 6) is 0. The van der Waals surface area contributed by atoms with Gasteiger partial charge in [-0.25, -0.2) is 4.52 Å². The fourth-order valence-corrected chi connectivity index (χ4v) is 2.95. The summed E-state index contributed by atoms with van der Waals surface area (Å²) in [6.07, 6.45) is 7.00. The number of aromatic nitrogens is 3. The first-order valence-corrected chi connectivity index (χ1v) is 6.29. The fourth-order valence-electron chi connectivity index (χ4n) is 1.76. The molecule has 3 rings (SSSR count). The molecule has 0 radical (unpaired) electrons. The molecule has 0 spiro atoms. The number of fused-ring (bicyclic) bond motifs is 1. The molecule has 0 fully saturated rings. The van der Waals surface area contributed by atoms with Gasteiger partial charge >= 0.3 is 0 Å². The highest BCUT2D eigenvalue weighted by molar-refractivity contribution is 7.10. The Morgan fingerprint density at radius 1 is 1.41 bits per heavy atom. The number of rotatable bonds is 2. The SMILES string of the molecule is NC(c1sccc1Cl)c1cnn2ccncc12. The number of nitrogens with zero attached hydrogens (tertiary/aromatic N) is 3. The molecule has 0 saturated carbocycles. The standard InChI is InChI=1S/C11H9ClN4S/c12-8-1-4-17-11(8)10(13)7-5-15-16-3-2-14-6-9(7)16/h1-6,10H,13H2. The number of thiophene rings is 1. The topological polar surface area (TPSA) is 56.2 Å². The van der Waals surface area contributed by atoms with Crippen molar-refractivity contribution in [1.29, 1.82) is 0 Å². The Kier molecular flexibility index (Phi) is 2.58. The maximum atomic E-state index is 6.22. The van der Waals surface area contributed by atoms with Gasteiger partial charge in [0.05, 0.1) is 29.0 Å². The van der Waals surface area contributed by atoms with Crippen LogP contribution < -0.4 is 5.73 Å². The van der Waals surface area contributed by atoms with E-state index >= 15 is 0 Å². The highest BCUT2D eigenvalue weighted by Crippen LogP contribution is 2.32. The molecule has 17 heavy (non-hydrogen) atoms. The second-order valence-electron chi connectivity index (χ2n) is 3.62. The van der Waals surface area contributed by atoms with Crippen molar-refractivity contribution in [2.45, 2.75) is 6.04 Å². The summed E-state index contributed by atoms with van der Waals surface area (Å²) < 4.78 is 1.75. The van der Waals surface area contributed by atoms with E-state index in [2.05, 4.69) is 10.1 Å². The van der Waals surface area contributed by atoms with Crippen LogP contribution in [0.3, 0.4) is 0 Å². The molecule has 0 aliphatic rings. The third kappa shape index (κ3) is 1.72. The molecule has 3 aromatic heterocycles. The Bertz CT molecular complexity index is 660. The van der Waals surface area contributed by atoms with Gasteiger partial charge in [0, 0.05) is 22.8 Å². The van der Waals surface area contributed by atoms with E-state index in [-0.39, 0.29) is 6.04 Å². The third-order valence-electron chi connectivity index (χ3n) is 2.62. The molecular formula is C11H9ClN4S. The van der Waals surface area contributed by atoms with Gasteiger partial charge < -0.3 is 5.73 Å². The zero-order valence-electron chi connectivity index (χ0n) is 8.75. The number of hydrogen-bond donors (Lipinski definition) is 1. The van der Waals surface area contributed by atoms with E-state index in [1.54, 1.807) is 40.6 Å². The summed E-state index contributed by atoms with van der Waals surface area (Å²) in [4.78, 5) is 5.04. The van der Waals surface area contributed by atoms with Crippen molar-refractivity contribution in [2.75, 3.05) is 0 Å². The lowest BCUT2D eigenvalue weighted by Crippen LogP contribution is -2.10. The lowest BCUT2D eigenvalue weighted by Gasteiger charge is -2.08. The van der Waals surface area contributed by atoms with E-state index < -0.39 is 0 Å². The lowest BCUT2D eigenvalue weighted by atomic mass is 10.1. The molecule has 86 valence electrons. The molecule has 0 aliphatic heterocycles. The summed E-state index contributed by atoms with van der Waals surface area (Å²) in [7, 11) is 0. The van der Waals surface area contributed by atoms with E-state index in [0.717, 1.165) is 16.0 Å². The first-order valence-electron chi connectivity index (χ1n) is 5.03. The monoisotopic (exact) mass is 264 g/mol. The first kappa shape index (κ1) is 10.7. The van der Waals surface area contributed by atoms with Gasteiger partial charge in [-0.15, -0.1) is 11.3 Å². The molecule has 1 unspecified atom stereocenters. The summed E-state index contributed by atoms with van der Waals surface area (Å²) in [5, 5.41) is 6.87. The molecule has 6 heteroatoms. The maximum Gasteiger partial charge on any atom is 0.0896 e. The Morgan fingerprint density at radius 3 is 3.06 bits per heavy atom. The minimum absolute atomic E-state index is 0.260. The molecule has 3 heterocycles. The van der Waals surface area contributed by atoms with E-state index in [1.807, 2.05) is 11.4 Å².